The van der Waals surface area contributed by atoms with E-state index in [1.54, 1.807) is 40.7 Å². The highest BCUT2D eigenvalue weighted by molar-refractivity contribution is 7.18. The Morgan fingerprint density at radius 1 is 1.01 bits per heavy atom. The van der Waals surface area contributed by atoms with Crippen LogP contribution in [0.15, 0.2) is 42.9 Å². The van der Waals surface area contributed by atoms with E-state index in [9.17, 15) is 19.5 Å². The summed E-state index contributed by atoms with van der Waals surface area (Å²) in [6.07, 6.45) is 2.62. The molecule has 1 amide bonds. The van der Waals surface area contributed by atoms with E-state index in [4.69, 9.17) is 35.2 Å². The highest BCUT2D eigenvalue weighted by Gasteiger charge is 2.59. The van der Waals surface area contributed by atoms with E-state index in [2.05, 4.69) is 37.8 Å². The van der Waals surface area contributed by atoms with Gasteiger partial charge in [0.05, 0.1) is 47.7 Å². The van der Waals surface area contributed by atoms with Crippen LogP contribution in [-0.2, 0) is 46.4 Å². The first-order chi connectivity index (χ1) is 33.2. The topological polar surface area (TPSA) is 262 Å². The Balaban J connectivity index is 1.10. The zero-order valence-electron chi connectivity index (χ0n) is 42.1. The van der Waals surface area contributed by atoms with E-state index in [1.165, 1.54) is 18.3 Å². The van der Waals surface area contributed by atoms with Crippen molar-refractivity contribution >= 4 is 40.0 Å². The Hall–Kier alpha value is -5.10. The van der Waals surface area contributed by atoms with Crippen molar-refractivity contribution in [3.05, 3.63) is 42.9 Å². The largest absolute Gasteiger partial charge is 0.458 e. The second-order valence-electron chi connectivity index (χ2n) is 20.0. The summed E-state index contributed by atoms with van der Waals surface area (Å²) in [5.74, 6) is -3.45. The molecule has 6 heterocycles. The van der Waals surface area contributed by atoms with Gasteiger partial charge in [-0.05, 0) is 98.5 Å². The Bertz CT molecular complexity index is 2420. The summed E-state index contributed by atoms with van der Waals surface area (Å²) in [7, 11) is 5.33. The molecule has 0 bridgehead atoms. The molecule has 6 N–H and O–H groups in total. The minimum atomic E-state index is -1.27. The lowest BCUT2D eigenvalue weighted by Gasteiger charge is -2.47. The monoisotopic (exact) mass is 993 g/mol. The molecule has 384 valence electrons. The number of fused-ring (bicyclic) bond motifs is 1. The van der Waals surface area contributed by atoms with Crippen molar-refractivity contribution < 1.29 is 43.2 Å². The van der Waals surface area contributed by atoms with Gasteiger partial charge in [0.2, 0.25) is 0 Å². The highest BCUT2D eigenvalue weighted by Crippen LogP contribution is 2.40. The minimum absolute atomic E-state index is 0.0734. The number of amides is 1. The Morgan fingerprint density at radius 2 is 1.73 bits per heavy atom. The summed E-state index contributed by atoms with van der Waals surface area (Å²) < 4.78 is 35.8. The maximum Gasteiger partial charge on any atom is 0.410 e. The van der Waals surface area contributed by atoms with E-state index in [1.807, 2.05) is 77.2 Å². The molecule has 0 saturated carbocycles. The lowest BCUT2D eigenvalue weighted by Crippen LogP contribution is -2.61. The SMILES string of the molecule is CC[C@H]1OC(=O)[C@H](C)C(=O)[C@H](C)[C@@H](O[C@@H]2OC(Cn3cc(-c4cnc(N)s4)nn3)CC(N(C)C)C2O)[C@](C)(OC)C[C@@H](C)CN[C@H](C)[C@H]2N(CCCCn3cc(-c4cccc(N)c4)nn3)C(=O)O[C@]12C. The molecular formula is C48H72N12O9S. The zero-order chi connectivity index (χ0) is 50.7. The first-order valence-corrected chi connectivity index (χ1v) is 25.1. The molecule has 4 aromatic rings. The summed E-state index contributed by atoms with van der Waals surface area (Å²) in [6, 6.07) is 6.20. The number of hydrogen-bond acceptors (Lipinski definition) is 19. The van der Waals surface area contributed by atoms with Crippen molar-refractivity contribution in [1.82, 2.24) is 50.1 Å². The van der Waals surface area contributed by atoms with Gasteiger partial charge in [-0.3, -0.25) is 19.2 Å². The van der Waals surface area contributed by atoms with Crippen molar-refractivity contribution in [3.8, 4) is 21.8 Å². The average Bonchev–Trinajstić information content (AvgIpc) is 4.15. The molecule has 13 atom stereocenters. The molecule has 3 unspecified atom stereocenters. The number of anilines is 2. The fourth-order valence-electron chi connectivity index (χ4n) is 10.6. The van der Waals surface area contributed by atoms with Gasteiger partial charge >= 0.3 is 12.1 Å². The quantitative estimate of drug-likeness (QED) is 0.0595. The van der Waals surface area contributed by atoms with Crippen LogP contribution in [0.4, 0.5) is 15.6 Å². The van der Waals surface area contributed by atoms with Gasteiger partial charge in [0, 0.05) is 55.6 Å². The van der Waals surface area contributed by atoms with Gasteiger partial charge < -0.3 is 50.5 Å². The number of cyclic esters (lactones) is 1. The summed E-state index contributed by atoms with van der Waals surface area (Å²) in [6.45, 7) is 14.6. The van der Waals surface area contributed by atoms with E-state index in [0.717, 1.165) is 10.4 Å². The number of aromatic nitrogens is 7. The van der Waals surface area contributed by atoms with Crippen molar-refractivity contribution in [2.75, 3.05) is 45.8 Å². The predicted molar refractivity (Wildman–Crippen MR) is 262 cm³/mol. The van der Waals surface area contributed by atoms with Crippen LogP contribution >= 0.6 is 11.3 Å². The lowest BCUT2D eigenvalue weighted by atomic mass is 9.78. The molecule has 0 radical (unpaired) electrons. The smallest absolute Gasteiger partial charge is 0.410 e. The number of rotatable bonds is 14. The van der Waals surface area contributed by atoms with Gasteiger partial charge in [-0.2, -0.15) is 0 Å². The number of hydrogen-bond donors (Lipinski definition) is 4. The molecule has 1 aromatic carbocycles. The van der Waals surface area contributed by atoms with Crippen LogP contribution in [0.3, 0.4) is 0 Å². The van der Waals surface area contributed by atoms with Crippen LogP contribution < -0.4 is 16.8 Å². The van der Waals surface area contributed by atoms with Crippen LogP contribution in [0, 0.1) is 17.8 Å². The van der Waals surface area contributed by atoms with E-state index >= 15 is 0 Å². The molecule has 7 rings (SSSR count). The number of nitrogens with zero attached hydrogens (tertiary/aromatic N) is 9. The molecule has 3 aliphatic rings. The number of carbonyl (C=O) groups is 3. The van der Waals surface area contributed by atoms with Crippen LogP contribution in [0.2, 0.25) is 0 Å². The first kappa shape index (κ1) is 52.7. The van der Waals surface area contributed by atoms with Gasteiger partial charge in [-0.15, -0.1) is 10.2 Å². The lowest BCUT2D eigenvalue weighted by molar-refractivity contribution is -0.299. The van der Waals surface area contributed by atoms with Gasteiger partial charge in [0.1, 0.15) is 29.5 Å². The third-order valence-corrected chi connectivity index (χ3v) is 15.3. The van der Waals surface area contributed by atoms with Gasteiger partial charge in [-0.1, -0.05) is 54.7 Å². The molecule has 21 nitrogen and oxygen atoms in total. The number of unbranched alkanes of at least 4 members (excludes halogenated alkanes) is 1. The Morgan fingerprint density at radius 3 is 2.41 bits per heavy atom. The van der Waals surface area contributed by atoms with Crippen molar-refractivity contribution in [2.45, 2.75) is 154 Å². The number of aliphatic hydroxyl groups excluding tert-OH is 1. The normalized spacial score (nSPS) is 32.6. The van der Waals surface area contributed by atoms with Gasteiger partial charge in [0.15, 0.2) is 22.8 Å². The van der Waals surface area contributed by atoms with Crippen molar-refractivity contribution in [3.63, 3.8) is 0 Å². The predicted octanol–water partition coefficient (Wildman–Crippen LogP) is 4.26. The molecule has 0 aliphatic carbocycles. The summed E-state index contributed by atoms with van der Waals surface area (Å²) in [4.78, 5) is 51.5. The first-order valence-electron chi connectivity index (χ1n) is 24.3. The molecule has 70 heavy (non-hydrogen) atoms. The summed E-state index contributed by atoms with van der Waals surface area (Å²) >= 11 is 1.31. The third kappa shape index (κ3) is 11.5. The van der Waals surface area contributed by atoms with E-state index in [-0.39, 0.29) is 12.0 Å². The standard InChI is InChI=1S/C48H72N12O9S/c1-11-38-48(7)41(60(46(64)69-48)18-13-12-17-58-25-34(53-55-58)31-15-14-16-32(49)19-31)30(5)51-22-27(2)21-47(6,65-10)42(28(3)39(61)29(4)43(63)67-38)68-44-40(62)36(57(8)9)20-33(66-44)24-59-26-35(54-56-59)37-23-52-45(50)70-37/h14-16,19,23,25-30,33,36,38,40-42,44,51,62H,11-13,17-18,20-22,24,49H2,1-10H3,(H2,50,52)/t27-,28+,29-,30-,33?,36?,38-,40?,41-,42-,44+,47-,48-/m1/s1. The second-order valence-corrected chi connectivity index (χ2v) is 21.1. The maximum atomic E-state index is 14.7. The molecular weight excluding hydrogens is 921 g/mol. The zero-order valence-corrected chi connectivity index (χ0v) is 42.9. The number of carbonyl (C=O) groups excluding carboxylic acids is 3. The highest BCUT2D eigenvalue weighted by atomic mass is 32.1. The van der Waals surface area contributed by atoms with E-state index < -0.39 is 83.7 Å². The van der Waals surface area contributed by atoms with Crippen molar-refractivity contribution in [2.24, 2.45) is 17.8 Å². The number of aryl methyl sites for hydroxylation is 1. The number of nitrogens with two attached hydrogens (primary N) is 2. The van der Waals surface area contributed by atoms with Crippen molar-refractivity contribution in [1.29, 1.82) is 0 Å². The van der Waals surface area contributed by atoms with Crippen LogP contribution in [-0.4, -0.2) is 162 Å². The molecule has 3 aliphatic heterocycles. The van der Waals surface area contributed by atoms with Crippen LogP contribution in [0.5, 0.6) is 0 Å². The molecule has 22 heteroatoms. The number of ketones is 1. The second kappa shape index (κ2) is 22.1. The maximum absolute atomic E-state index is 14.7. The number of aliphatic hydroxyl groups is 1. The number of thiazole rings is 1. The van der Waals surface area contributed by atoms with Crippen LogP contribution in [0.25, 0.3) is 21.8 Å². The summed E-state index contributed by atoms with van der Waals surface area (Å²) in [5, 5.41) is 33.3. The average molecular weight is 993 g/mol. The third-order valence-electron chi connectivity index (χ3n) is 14.4. The number of methoxy groups -OCH3 is 1. The van der Waals surface area contributed by atoms with E-state index in [0.29, 0.717) is 80.5 Å². The Labute approximate surface area is 413 Å². The number of Topliss-reactive ketones (excluding diaryl/α,β-unsaturated/α-hetero) is 1. The van der Waals surface area contributed by atoms with Gasteiger partial charge in [0.25, 0.3) is 0 Å². The summed E-state index contributed by atoms with van der Waals surface area (Å²) in [5.41, 5.74) is 12.3. The fourth-order valence-corrected chi connectivity index (χ4v) is 11.2. The number of nitrogens with one attached hydrogen (secondary N) is 1. The van der Waals surface area contributed by atoms with Crippen LogP contribution in [0.1, 0.15) is 80.6 Å². The molecule has 3 aromatic heterocycles. The number of ether oxygens (including phenoxy) is 5. The fraction of sp³-hybridized carbons (Fsp3) is 0.667. The van der Waals surface area contributed by atoms with Gasteiger partial charge in [-0.25, -0.2) is 14.5 Å². The molecule has 3 saturated heterocycles. The minimum Gasteiger partial charge on any atom is -0.458 e. The number of nitrogen functional groups attached to an aromatic ring is 2. The Kier molecular flexibility index (Phi) is 16.7. The molecule has 3 fully saturated rings. The molecule has 0 spiro atoms. The number of likely N-dealkylation sites (N-methyl/N-ethyl adjacent to an activating group) is 1. The number of esters is 1. The number of benzene rings is 1.